The van der Waals surface area contributed by atoms with E-state index in [-0.39, 0.29) is 0 Å². The van der Waals surface area contributed by atoms with E-state index in [1.54, 1.807) is 7.11 Å². The molecule has 0 aromatic heterocycles. The van der Waals surface area contributed by atoms with Crippen LogP contribution in [0.5, 0.6) is 5.75 Å². The Balaban J connectivity index is 1.82. The first-order valence-electron chi connectivity index (χ1n) is 6.83. The topological polar surface area (TPSA) is 38.5 Å². The highest BCUT2D eigenvalue weighted by Crippen LogP contribution is 2.13. The first-order valence-corrected chi connectivity index (χ1v) is 6.83. The molecule has 3 nitrogen and oxygen atoms in total. The highest BCUT2D eigenvalue weighted by molar-refractivity contribution is 5.39. The first-order chi connectivity index (χ1) is 9.67. The van der Waals surface area contributed by atoms with Gasteiger partial charge in [0.05, 0.1) is 7.11 Å². The first kappa shape index (κ1) is 14.4. The SMILES string of the molecule is COc1ccc(CN(C)CCc2ccc(N)cc2)cc1. The smallest absolute Gasteiger partial charge is 0.118 e. The number of methoxy groups -OCH3 is 1. The number of anilines is 1. The van der Waals surface area contributed by atoms with Gasteiger partial charge in [-0.1, -0.05) is 24.3 Å². The molecule has 2 aromatic carbocycles. The molecular formula is C17H22N2O. The number of nitrogens with zero attached hydrogens (tertiary/aromatic N) is 1. The van der Waals surface area contributed by atoms with Crippen LogP contribution in [0.25, 0.3) is 0 Å². The maximum Gasteiger partial charge on any atom is 0.118 e. The van der Waals surface area contributed by atoms with Crippen molar-refractivity contribution in [1.29, 1.82) is 0 Å². The molecule has 0 saturated carbocycles. The maximum absolute atomic E-state index is 5.69. The fourth-order valence-electron chi connectivity index (χ4n) is 2.13. The van der Waals surface area contributed by atoms with E-state index in [0.717, 1.165) is 30.9 Å². The second-order valence-electron chi connectivity index (χ2n) is 5.08. The Labute approximate surface area is 121 Å². The van der Waals surface area contributed by atoms with Crippen LogP contribution in [0.4, 0.5) is 5.69 Å². The number of hydrogen-bond acceptors (Lipinski definition) is 3. The number of ether oxygens (including phenoxy) is 1. The van der Waals surface area contributed by atoms with Crippen molar-refractivity contribution in [2.75, 3.05) is 26.4 Å². The van der Waals surface area contributed by atoms with Crippen molar-refractivity contribution in [2.24, 2.45) is 0 Å². The van der Waals surface area contributed by atoms with Gasteiger partial charge in [-0.3, -0.25) is 0 Å². The van der Waals surface area contributed by atoms with Crippen LogP contribution < -0.4 is 10.5 Å². The molecule has 0 fully saturated rings. The van der Waals surface area contributed by atoms with Crippen molar-refractivity contribution in [3.8, 4) is 5.75 Å². The standard InChI is InChI=1S/C17H22N2O/c1-19(12-11-14-3-7-16(18)8-4-14)13-15-5-9-17(20-2)10-6-15/h3-10H,11-13,18H2,1-2H3. The molecule has 0 heterocycles. The summed E-state index contributed by atoms with van der Waals surface area (Å²) in [6.45, 7) is 1.97. The van der Waals surface area contributed by atoms with Gasteiger partial charge in [0, 0.05) is 18.8 Å². The molecule has 0 aliphatic carbocycles. The van der Waals surface area contributed by atoms with Crippen LogP contribution in [0.2, 0.25) is 0 Å². The maximum atomic E-state index is 5.69. The lowest BCUT2D eigenvalue weighted by molar-refractivity contribution is 0.331. The van der Waals surface area contributed by atoms with Crippen LogP contribution in [-0.4, -0.2) is 25.6 Å². The summed E-state index contributed by atoms with van der Waals surface area (Å²) in [5.74, 6) is 0.901. The fraction of sp³-hybridized carbons (Fsp3) is 0.294. The molecule has 2 aromatic rings. The molecule has 0 bridgehead atoms. The molecular weight excluding hydrogens is 248 g/mol. The summed E-state index contributed by atoms with van der Waals surface area (Å²) in [7, 11) is 3.83. The number of hydrogen-bond donors (Lipinski definition) is 1. The lowest BCUT2D eigenvalue weighted by Crippen LogP contribution is -2.20. The van der Waals surface area contributed by atoms with Gasteiger partial charge in [0.15, 0.2) is 0 Å². The van der Waals surface area contributed by atoms with Crippen LogP contribution >= 0.6 is 0 Å². The Morgan fingerprint density at radius 3 is 2.15 bits per heavy atom. The van der Waals surface area contributed by atoms with Crippen LogP contribution in [0.1, 0.15) is 11.1 Å². The Bertz CT molecular complexity index is 520. The number of nitrogen functional groups attached to an aromatic ring is 1. The third-order valence-electron chi connectivity index (χ3n) is 3.37. The summed E-state index contributed by atoms with van der Waals surface area (Å²) in [5, 5.41) is 0. The van der Waals surface area contributed by atoms with Gasteiger partial charge in [-0.15, -0.1) is 0 Å². The van der Waals surface area contributed by atoms with Crippen molar-refractivity contribution in [3.63, 3.8) is 0 Å². The van der Waals surface area contributed by atoms with E-state index in [0.29, 0.717) is 0 Å². The van der Waals surface area contributed by atoms with Crippen molar-refractivity contribution in [3.05, 3.63) is 59.7 Å². The van der Waals surface area contributed by atoms with Gasteiger partial charge in [0.1, 0.15) is 5.75 Å². The molecule has 0 unspecified atom stereocenters. The normalized spacial score (nSPS) is 10.8. The lowest BCUT2D eigenvalue weighted by Gasteiger charge is -2.17. The average Bonchev–Trinajstić information content (AvgIpc) is 2.47. The van der Waals surface area contributed by atoms with Crippen LogP contribution in [-0.2, 0) is 13.0 Å². The fourth-order valence-corrected chi connectivity index (χ4v) is 2.13. The molecule has 20 heavy (non-hydrogen) atoms. The highest BCUT2D eigenvalue weighted by Gasteiger charge is 2.02. The average molecular weight is 270 g/mol. The Morgan fingerprint density at radius 2 is 1.55 bits per heavy atom. The van der Waals surface area contributed by atoms with E-state index in [2.05, 4.69) is 36.2 Å². The van der Waals surface area contributed by atoms with Crippen LogP contribution in [0.15, 0.2) is 48.5 Å². The molecule has 0 saturated heterocycles. The van der Waals surface area contributed by atoms with Gasteiger partial charge in [0.2, 0.25) is 0 Å². The van der Waals surface area contributed by atoms with Gasteiger partial charge >= 0.3 is 0 Å². The van der Waals surface area contributed by atoms with Gasteiger partial charge in [-0.25, -0.2) is 0 Å². The van der Waals surface area contributed by atoms with Crippen molar-refractivity contribution in [2.45, 2.75) is 13.0 Å². The summed E-state index contributed by atoms with van der Waals surface area (Å²) in [6.07, 6.45) is 1.03. The summed E-state index contributed by atoms with van der Waals surface area (Å²) in [6, 6.07) is 16.3. The molecule has 3 heteroatoms. The molecule has 0 spiro atoms. The van der Waals surface area contributed by atoms with Crippen molar-refractivity contribution < 1.29 is 4.74 Å². The third kappa shape index (κ3) is 4.28. The molecule has 2 rings (SSSR count). The summed E-state index contributed by atoms with van der Waals surface area (Å²) >= 11 is 0. The number of rotatable bonds is 6. The summed E-state index contributed by atoms with van der Waals surface area (Å²) in [5.41, 5.74) is 9.12. The molecule has 2 N–H and O–H groups in total. The largest absolute Gasteiger partial charge is 0.497 e. The van der Waals surface area contributed by atoms with Crippen LogP contribution in [0, 0.1) is 0 Å². The second-order valence-corrected chi connectivity index (χ2v) is 5.08. The third-order valence-corrected chi connectivity index (χ3v) is 3.37. The van der Waals surface area contributed by atoms with Gasteiger partial charge in [-0.05, 0) is 48.9 Å². The monoisotopic (exact) mass is 270 g/mol. The highest BCUT2D eigenvalue weighted by atomic mass is 16.5. The van der Waals surface area contributed by atoms with E-state index < -0.39 is 0 Å². The van der Waals surface area contributed by atoms with Gasteiger partial charge in [-0.2, -0.15) is 0 Å². The van der Waals surface area contributed by atoms with Crippen molar-refractivity contribution >= 4 is 5.69 Å². The predicted octanol–water partition coefficient (Wildman–Crippen LogP) is 2.95. The molecule has 0 radical (unpaired) electrons. The zero-order chi connectivity index (χ0) is 14.4. The van der Waals surface area contributed by atoms with E-state index in [9.17, 15) is 0 Å². The number of likely N-dealkylation sites (N-methyl/N-ethyl adjacent to an activating group) is 1. The molecule has 0 amide bonds. The predicted molar refractivity (Wildman–Crippen MR) is 83.9 cm³/mol. The number of benzene rings is 2. The Morgan fingerprint density at radius 1 is 0.950 bits per heavy atom. The van der Waals surface area contributed by atoms with Crippen LogP contribution in [0.3, 0.4) is 0 Å². The minimum Gasteiger partial charge on any atom is -0.497 e. The zero-order valence-corrected chi connectivity index (χ0v) is 12.2. The quantitative estimate of drug-likeness (QED) is 0.820. The van der Waals surface area contributed by atoms with E-state index in [1.165, 1.54) is 11.1 Å². The Hall–Kier alpha value is -2.00. The Kier molecular flexibility index (Phi) is 5.02. The van der Waals surface area contributed by atoms with E-state index in [1.807, 2.05) is 24.3 Å². The number of nitrogens with two attached hydrogens (primary N) is 1. The van der Waals surface area contributed by atoms with E-state index in [4.69, 9.17) is 10.5 Å². The zero-order valence-electron chi connectivity index (χ0n) is 12.2. The summed E-state index contributed by atoms with van der Waals surface area (Å²) < 4.78 is 5.17. The molecule has 106 valence electrons. The molecule has 0 atom stereocenters. The lowest BCUT2D eigenvalue weighted by atomic mass is 10.1. The molecule has 0 aliphatic heterocycles. The van der Waals surface area contributed by atoms with Gasteiger partial charge in [0.25, 0.3) is 0 Å². The van der Waals surface area contributed by atoms with E-state index >= 15 is 0 Å². The minimum atomic E-state index is 0.820. The van der Waals surface area contributed by atoms with Crippen molar-refractivity contribution in [1.82, 2.24) is 4.90 Å². The van der Waals surface area contributed by atoms with Gasteiger partial charge < -0.3 is 15.4 Å². The summed E-state index contributed by atoms with van der Waals surface area (Å²) in [4.78, 5) is 2.32. The minimum absolute atomic E-state index is 0.820. The second kappa shape index (κ2) is 6.96. The molecule has 0 aliphatic rings.